The summed E-state index contributed by atoms with van der Waals surface area (Å²) in [5.41, 5.74) is -0.167. The zero-order chi connectivity index (χ0) is 15.5. The fraction of sp³-hybridized carbons (Fsp3) is 0.500. The van der Waals surface area contributed by atoms with Gasteiger partial charge in [-0.3, -0.25) is 4.79 Å². The third kappa shape index (κ3) is 3.98. The second-order valence-electron chi connectivity index (χ2n) is 5.61. The Labute approximate surface area is 128 Å². The van der Waals surface area contributed by atoms with Gasteiger partial charge in [0.1, 0.15) is 11.4 Å². The maximum absolute atomic E-state index is 13.6. The summed E-state index contributed by atoms with van der Waals surface area (Å²) in [4.78, 5) is 12.0. The number of carbonyl (C=O) groups excluding carboxylic acids is 1. The van der Waals surface area contributed by atoms with Gasteiger partial charge in [-0.25, -0.2) is 4.39 Å². The molecule has 2 rings (SSSR count). The van der Waals surface area contributed by atoms with Crippen molar-refractivity contribution in [1.29, 1.82) is 5.26 Å². The molecule has 2 atom stereocenters. The van der Waals surface area contributed by atoms with Crippen LogP contribution in [0.15, 0.2) is 24.3 Å². The van der Waals surface area contributed by atoms with Crippen LogP contribution >= 0.6 is 11.8 Å². The van der Waals surface area contributed by atoms with E-state index in [9.17, 15) is 14.4 Å². The lowest BCUT2D eigenvalue weighted by Gasteiger charge is -2.23. The molecule has 0 radical (unpaired) electrons. The summed E-state index contributed by atoms with van der Waals surface area (Å²) >= 11 is 1.37. The summed E-state index contributed by atoms with van der Waals surface area (Å²) in [7, 11) is 0. The minimum Gasteiger partial charge on any atom is -0.337 e. The van der Waals surface area contributed by atoms with Crippen LogP contribution in [0.3, 0.4) is 0 Å². The molecule has 1 N–H and O–H groups in total. The second-order valence-corrected chi connectivity index (χ2v) is 6.94. The Bertz CT molecular complexity index is 568. The van der Waals surface area contributed by atoms with Crippen molar-refractivity contribution in [2.45, 2.75) is 37.5 Å². The molecule has 1 aromatic carbocycles. The summed E-state index contributed by atoms with van der Waals surface area (Å²) in [6, 6.07) is 8.79. The molecular weight excluding hydrogens is 287 g/mol. The normalized spacial score (nSPS) is 18.4. The van der Waals surface area contributed by atoms with Gasteiger partial charge in [0, 0.05) is 10.8 Å². The number of carbonyl (C=O) groups is 1. The first-order valence-corrected chi connectivity index (χ1v) is 8.09. The van der Waals surface area contributed by atoms with Crippen molar-refractivity contribution in [1.82, 2.24) is 5.32 Å². The van der Waals surface area contributed by atoms with Gasteiger partial charge in [0.2, 0.25) is 5.91 Å². The fourth-order valence-electron chi connectivity index (χ4n) is 2.30. The molecular formula is C16H19FN2OS. The Morgan fingerprint density at radius 1 is 1.57 bits per heavy atom. The van der Waals surface area contributed by atoms with Crippen LogP contribution in [0.4, 0.5) is 4.39 Å². The number of nitrogens with one attached hydrogen (secondary N) is 1. The number of halogens is 1. The van der Waals surface area contributed by atoms with E-state index < -0.39 is 5.54 Å². The Kier molecular flexibility index (Phi) is 4.89. The van der Waals surface area contributed by atoms with E-state index in [1.807, 2.05) is 6.92 Å². The van der Waals surface area contributed by atoms with E-state index in [0.717, 1.165) is 12.8 Å². The number of hydrogen-bond acceptors (Lipinski definition) is 3. The molecule has 0 bridgehead atoms. The number of amides is 1. The van der Waals surface area contributed by atoms with Crippen LogP contribution in [-0.2, 0) is 4.79 Å². The van der Waals surface area contributed by atoms with Gasteiger partial charge in [0.05, 0.1) is 11.8 Å². The molecule has 5 heteroatoms. The highest BCUT2D eigenvalue weighted by Crippen LogP contribution is 2.39. The minimum atomic E-state index is -0.765. The zero-order valence-electron chi connectivity index (χ0n) is 12.2. The molecule has 0 unspecified atom stereocenters. The predicted molar refractivity (Wildman–Crippen MR) is 82.2 cm³/mol. The van der Waals surface area contributed by atoms with Crippen molar-refractivity contribution in [3.63, 3.8) is 0 Å². The first-order valence-electron chi connectivity index (χ1n) is 7.04. The van der Waals surface area contributed by atoms with Crippen molar-refractivity contribution in [3.05, 3.63) is 35.6 Å². The summed E-state index contributed by atoms with van der Waals surface area (Å²) in [5.74, 6) is 0.0665. The van der Waals surface area contributed by atoms with E-state index in [4.69, 9.17) is 0 Å². The Hall–Kier alpha value is -1.54. The van der Waals surface area contributed by atoms with Gasteiger partial charge in [-0.2, -0.15) is 5.26 Å². The first kappa shape index (κ1) is 15.8. The van der Waals surface area contributed by atoms with Crippen molar-refractivity contribution < 1.29 is 9.18 Å². The second kappa shape index (κ2) is 6.48. The van der Waals surface area contributed by atoms with Crippen molar-refractivity contribution in [2.24, 2.45) is 5.92 Å². The van der Waals surface area contributed by atoms with E-state index in [1.54, 1.807) is 25.1 Å². The first-order chi connectivity index (χ1) is 9.96. The predicted octanol–water partition coefficient (Wildman–Crippen LogP) is 3.43. The molecule has 1 aliphatic carbocycles. The fourth-order valence-corrected chi connectivity index (χ4v) is 3.15. The largest absolute Gasteiger partial charge is 0.337 e. The molecule has 1 saturated carbocycles. The third-order valence-corrected chi connectivity index (χ3v) is 5.02. The van der Waals surface area contributed by atoms with Gasteiger partial charge in [0.25, 0.3) is 0 Å². The highest BCUT2D eigenvalue weighted by molar-refractivity contribution is 8.00. The van der Waals surface area contributed by atoms with Crippen LogP contribution in [0.5, 0.6) is 0 Å². The minimum absolute atomic E-state index is 0.105. The summed E-state index contributed by atoms with van der Waals surface area (Å²) in [6.45, 7) is 3.65. The molecule has 3 nitrogen and oxygen atoms in total. The number of benzene rings is 1. The van der Waals surface area contributed by atoms with E-state index in [1.165, 1.54) is 17.8 Å². The van der Waals surface area contributed by atoms with E-state index in [-0.39, 0.29) is 28.6 Å². The molecule has 0 spiro atoms. The highest BCUT2D eigenvalue weighted by Gasteiger charge is 2.42. The number of thioether (sulfide) groups is 1. The molecule has 1 amide bonds. The topological polar surface area (TPSA) is 52.9 Å². The van der Waals surface area contributed by atoms with Crippen molar-refractivity contribution in [3.8, 4) is 6.07 Å². The standard InChI is InChI=1S/C16H19FN2OS/c1-11(13-5-3-4-6-14(13)17)21-9-15(20)19-16(2,10-18)12-7-8-12/h3-6,11-12H,7-9H2,1-2H3,(H,19,20)/t11-,16-/m1/s1. The molecule has 1 aliphatic rings. The van der Waals surface area contributed by atoms with Gasteiger partial charge >= 0.3 is 0 Å². The number of rotatable bonds is 6. The summed E-state index contributed by atoms with van der Waals surface area (Å²) in [6.07, 6.45) is 1.98. The average molecular weight is 306 g/mol. The lowest BCUT2D eigenvalue weighted by Crippen LogP contribution is -2.47. The van der Waals surface area contributed by atoms with Crippen molar-refractivity contribution in [2.75, 3.05) is 5.75 Å². The Morgan fingerprint density at radius 2 is 2.24 bits per heavy atom. The molecule has 0 aliphatic heterocycles. The highest BCUT2D eigenvalue weighted by atomic mass is 32.2. The van der Waals surface area contributed by atoms with Gasteiger partial charge in [-0.1, -0.05) is 18.2 Å². The van der Waals surface area contributed by atoms with E-state index in [2.05, 4.69) is 11.4 Å². The number of nitriles is 1. The van der Waals surface area contributed by atoms with Gasteiger partial charge < -0.3 is 5.32 Å². The van der Waals surface area contributed by atoms with Crippen molar-refractivity contribution >= 4 is 17.7 Å². The quantitative estimate of drug-likeness (QED) is 0.876. The summed E-state index contributed by atoms with van der Waals surface area (Å²) < 4.78 is 13.6. The molecule has 0 saturated heterocycles. The van der Waals surface area contributed by atoms with Gasteiger partial charge in [-0.05, 0) is 38.7 Å². The molecule has 1 aromatic rings. The van der Waals surface area contributed by atoms with Crippen LogP contribution in [0.2, 0.25) is 0 Å². The van der Waals surface area contributed by atoms with Crippen LogP contribution in [0.1, 0.15) is 37.5 Å². The third-order valence-electron chi connectivity index (χ3n) is 3.83. The maximum atomic E-state index is 13.6. The average Bonchev–Trinajstić information content (AvgIpc) is 3.30. The van der Waals surface area contributed by atoms with Gasteiger partial charge in [-0.15, -0.1) is 11.8 Å². The number of hydrogen-bond donors (Lipinski definition) is 1. The molecule has 1 fully saturated rings. The zero-order valence-corrected chi connectivity index (χ0v) is 13.0. The smallest absolute Gasteiger partial charge is 0.231 e. The molecule has 0 heterocycles. The molecule has 21 heavy (non-hydrogen) atoms. The van der Waals surface area contributed by atoms with E-state index >= 15 is 0 Å². The van der Waals surface area contributed by atoms with Gasteiger partial charge in [0.15, 0.2) is 0 Å². The summed E-state index contributed by atoms with van der Waals surface area (Å²) in [5, 5.41) is 11.9. The van der Waals surface area contributed by atoms with E-state index in [0.29, 0.717) is 5.56 Å². The van der Waals surface area contributed by atoms with Crippen LogP contribution < -0.4 is 5.32 Å². The Morgan fingerprint density at radius 3 is 2.81 bits per heavy atom. The lowest BCUT2D eigenvalue weighted by atomic mass is 9.98. The maximum Gasteiger partial charge on any atom is 0.231 e. The molecule has 0 aromatic heterocycles. The number of nitrogens with zero attached hydrogens (tertiary/aromatic N) is 1. The Balaban J connectivity index is 1.87. The monoisotopic (exact) mass is 306 g/mol. The lowest BCUT2D eigenvalue weighted by molar-refractivity contribution is -0.119. The molecule has 112 valence electrons. The van der Waals surface area contributed by atoms with Crippen LogP contribution in [0, 0.1) is 23.1 Å². The van der Waals surface area contributed by atoms with Crippen LogP contribution in [0.25, 0.3) is 0 Å². The van der Waals surface area contributed by atoms with Crippen LogP contribution in [-0.4, -0.2) is 17.2 Å². The SMILES string of the molecule is C[C@@H](SCC(=O)N[C@](C)(C#N)C1CC1)c1ccccc1F.